The van der Waals surface area contributed by atoms with Crippen LogP contribution in [0.5, 0.6) is 34.5 Å². The molecule has 0 fully saturated rings. The van der Waals surface area contributed by atoms with Crippen molar-refractivity contribution in [1.82, 2.24) is 24.7 Å². The number of rotatable bonds is 30. The van der Waals surface area contributed by atoms with Crippen LogP contribution >= 0.6 is 0 Å². The lowest BCUT2D eigenvalue weighted by molar-refractivity contribution is -0.142. The highest BCUT2D eigenvalue weighted by atomic mass is 16.5. The van der Waals surface area contributed by atoms with Gasteiger partial charge in [0, 0.05) is 57.1 Å². The zero-order chi connectivity index (χ0) is 47.5. The SMILES string of the molecule is COc1cc(OC)c(-c2cc(CN(CC=O)CC(=O)O)nc(CN(CCCCCCO)Cc3cc(-c4c(OC)cc(OC)cc4OC)cc(CN(CC(=O)O)CC(=O)O)n3)c2)c(OC)c1. The van der Waals surface area contributed by atoms with E-state index in [0.717, 1.165) is 19.3 Å². The number of aromatic nitrogens is 2. The van der Waals surface area contributed by atoms with Crippen molar-refractivity contribution < 1.29 is 68.0 Å². The zero-order valence-electron chi connectivity index (χ0n) is 37.7. The predicted molar refractivity (Wildman–Crippen MR) is 238 cm³/mol. The van der Waals surface area contributed by atoms with Crippen LogP contribution in [0.2, 0.25) is 0 Å². The van der Waals surface area contributed by atoms with Crippen molar-refractivity contribution in [2.24, 2.45) is 0 Å². The molecule has 0 bridgehead atoms. The van der Waals surface area contributed by atoms with Gasteiger partial charge < -0.3 is 53.6 Å². The fourth-order valence-electron chi connectivity index (χ4n) is 7.46. The van der Waals surface area contributed by atoms with Crippen LogP contribution in [0, 0.1) is 0 Å². The Kier molecular flexibility index (Phi) is 20.2. The molecule has 0 amide bonds. The summed E-state index contributed by atoms with van der Waals surface area (Å²) in [7, 11) is 9.10. The molecule has 352 valence electrons. The first kappa shape index (κ1) is 51.1. The number of aliphatic carboxylic acids is 3. The lowest BCUT2D eigenvalue weighted by Gasteiger charge is -2.25. The third-order valence-corrected chi connectivity index (χ3v) is 10.2. The minimum atomic E-state index is -1.20. The van der Waals surface area contributed by atoms with E-state index >= 15 is 0 Å². The molecule has 2 aromatic heterocycles. The van der Waals surface area contributed by atoms with Gasteiger partial charge in [0.15, 0.2) is 0 Å². The summed E-state index contributed by atoms with van der Waals surface area (Å²) < 4.78 is 34.2. The first-order valence-corrected chi connectivity index (χ1v) is 20.8. The molecule has 0 aliphatic heterocycles. The molecule has 0 radical (unpaired) electrons. The second kappa shape index (κ2) is 25.7. The van der Waals surface area contributed by atoms with E-state index in [2.05, 4.69) is 4.90 Å². The van der Waals surface area contributed by atoms with Gasteiger partial charge in [-0.3, -0.25) is 39.1 Å². The van der Waals surface area contributed by atoms with Crippen molar-refractivity contribution in [3.05, 3.63) is 71.3 Å². The second-order valence-electron chi connectivity index (χ2n) is 15.0. The number of aliphatic hydroxyl groups excluding tert-OH is 1. The Morgan fingerprint density at radius 3 is 1.20 bits per heavy atom. The van der Waals surface area contributed by atoms with E-state index in [1.54, 1.807) is 36.4 Å². The third kappa shape index (κ3) is 15.3. The van der Waals surface area contributed by atoms with E-state index in [9.17, 15) is 39.6 Å². The lowest BCUT2D eigenvalue weighted by Crippen LogP contribution is -2.34. The molecule has 2 aromatic carbocycles. The number of nitrogens with zero attached hydrogens (tertiary/aromatic N) is 5. The van der Waals surface area contributed by atoms with Gasteiger partial charge in [0.2, 0.25) is 0 Å². The summed E-state index contributed by atoms with van der Waals surface area (Å²) in [6.45, 7) is -0.653. The molecule has 2 heterocycles. The number of unbranched alkanes of at least 4 members (excludes halogenated alkanes) is 3. The van der Waals surface area contributed by atoms with Crippen molar-refractivity contribution in [3.8, 4) is 56.8 Å². The molecule has 0 aliphatic carbocycles. The fourth-order valence-corrected chi connectivity index (χ4v) is 7.46. The van der Waals surface area contributed by atoms with Crippen LogP contribution in [0.3, 0.4) is 0 Å². The van der Waals surface area contributed by atoms with E-state index in [4.69, 9.17) is 38.4 Å². The summed E-state index contributed by atoms with van der Waals surface area (Å²) in [5.41, 5.74) is 4.38. The van der Waals surface area contributed by atoms with Gasteiger partial charge in [0.05, 0.1) is 103 Å². The molecular weight excluding hydrogens is 847 g/mol. The quantitative estimate of drug-likeness (QED) is 0.0417. The van der Waals surface area contributed by atoms with Gasteiger partial charge >= 0.3 is 17.9 Å². The van der Waals surface area contributed by atoms with Gasteiger partial charge in [-0.2, -0.15) is 0 Å². The highest BCUT2D eigenvalue weighted by Gasteiger charge is 2.23. The number of hydrogen-bond acceptors (Lipinski definition) is 16. The number of carbonyl (C=O) groups is 4. The molecule has 4 aromatic rings. The van der Waals surface area contributed by atoms with Crippen LogP contribution in [0.1, 0.15) is 48.5 Å². The van der Waals surface area contributed by atoms with Crippen molar-refractivity contribution in [1.29, 1.82) is 0 Å². The smallest absolute Gasteiger partial charge is 0.317 e. The summed E-state index contributed by atoms with van der Waals surface area (Å²) in [5, 5.41) is 38.4. The van der Waals surface area contributed by atoms with E-state index in [-0.39, 0.29) is 39.3 Å². The maximum Gasteiger partial charge on any atom is 0.317 e. The third-order valence-electron chi connectivity index (χ3n) is 10.2. The van der Waals surface area contributed by atoms with Crippen molar-refractivity contribution >= 4 is 24.2 Å². The highest BCUT2D eigenvalue weighted by molar-refractivity contribution is 5.80. The standard InChI is InChI=1S/C46H59N5O14/c1-60-36-19-38(62-3)45(39(20-36)63-4)30-15-32(47-34(17-30)25-50(12-14-53)27-42(54)55)23-49(11-9-7-8-10-13-52)24-33-16-31(46-40(64-5)21-37(61-2)22-41(46)65-6)18-35(48-33)26-51(28-43(56)57)29-44(58)59/h14-22,52H,7-13,23-29H2,1-6H3,(H,54,55)(H,56,57)(H,58,59). The minimum Gasteiger partial charge on any atom is -0.496 e. The predicted octanol–water partition coefficient (Wildman–Crippen LogP) is 4.47. The van der Waals surface area contributed by atoms with E-state index in [1.165, 1.54) is 52.5 Å². The minimum absolute atomic E-state index is 0.0233. The molecule has 19 heteroatoms. The number of methoxy groups -OCH3 is 6. The molecule has 0 saturated heterocycles. The van der Waals surface area contributed by atoms with Crippen LogP contribution < -0.4 is 28.4 Å². The number of carboxylic acid groups (broad SMARTS) is 3. The largest absolute Gasteiger partial charge is 0.496 e. The number of carboxylic acids is 3. The van der Waals surface area contributed by atoms with Crippen molar-refractivity contribution in [3.63, 3.8) is 0 Å². The summed E-state index contributed by atoms with van der Waals surface area (Å²) in [4.78, 5) is 61.9. The number of aldehydes is 1. The molecule has 0 spiro atoms. The molecule has 4 N–H and O–H groups in total. The molecule has 65 heavy (non-hydrogen) atoms. The number of ether oxygens (including phenoxy) is 6. The Morgan fingerprint density at radius 2 is 0.862 bits per heavy atom. The van der Waals surface area contributed by atoms with Gasteiger partial charge in [-0.25, -0.2) is 0 Å². The Labute approximate surface area is 378 Å². The first-order chi connectivity index (χ1) is 31.3. The fraction of sp³-hybridized carbons (Fsp3) is 0.435. The van der Waals surface area contributed by atoms with Gasteiger partial charge in [-0.05, 0) is 54.8 Å². The van der Waals surface area contributed by atoms with Gasteiger partial charge in [-0.1, -0.05) is 12.8 Å². The van der Waals surface area contributed by atoms with Crippen LogP contribution in [0.15, 0.2) is 48.5 Å². The highest BCUT2D eigenvalue weighted by Crippen LogP contribution is 2.44. The molecule has 0 aliphatic rings. The Hall–Kier alpha value is -6.54. The van der Waals surface area contributed by atoms with E-state index in [1.807, 2.05) is 12.1 Å². The van der Waals surface area contributed by atoms with Gasteiger partial charge in [0.1, 0.15) is 40.8 Å². The van der Waals surface area contributed by atoms with Gasteiger partial charge in [-0.15, -0.1) is 0 Å². The molecule has 0 unspecified atom stereocenters. The number of aliphatic hydroxyl groups is 1. The monoisotopic (exact) mass is 905 g/mol. The first-order valence-electron chi connectivity index (χ1n) is 20.8. The summed E-state index contributed by atoms with van der Waals surface area (Å²) in [6, 6.07) is 14.1. The molecule has 4 rings (SSSR count). The molecule has 0 atom stereocenters. The summed E-state index contributed by atoms with van der Waals surface area (Å²) in [6.07, 6.45) is 3.62. The van der Waals surface area contributed by atoms with Crippen LogP contribution in [-0.2, 0) is 45.4 Å². The van der Waals surface area contributed by atoms with Crippen molar-refractivity contribution in [2.75, 3.05) is 82.0 Å². The summed E-state index contributed by atoms with van der Waals surface area (Å²) >= 11 is 0. The average Bonchev–Trinajstić information content (AvgIpc) is 3.26. The number of hydrogen-bond donors (Lipinski definition) is 4. The van der Waals surface area contributed by atoms with E-state index in [0.29, 0.717) is 98.8 Å². The Morgan fingerprint density at radius 1 is 0.508 bits per heavy atom. The maximum absolute atomic E-state index is 11.8. The van der Waals surface area contributed by atoms with Crippen LogP contribution in [0.4, 0.5) is 0 Å². The summed E-state index contributed by atoms with van der Waals surface area (Å²) in [5.74, 6) is -0.817. The zero-order valence-corrected chi connectivity index (χ0v) is 37.7. The second-order valence-corrected chi connectivity index (χ2v) is 15.0. The Balaban J connectivity index is 1.93. The number of carbonyl (C=O) groups excluding carboxylic acids is 1. The Bertz CT molecular complexity index is 2170. The lowest BCUT2D eigenvalue weighted by atomic mass is 10.0. The van der Waals surface area contributed by atoms with Crippen LogP contribution in [-0.4, -0.2) is 151 Å². The van der Waals surface area contributed by atoms with Crippen molar-refractivity contribution in [2.45, 2.75) is 51.9 Å². The number of pyridine rings is 2. The molecular formula is C46H59N5O14. The maximum atomic E-state index is 11.8. The van der Waals surface area contributed by atoms with Gasteiger partial charge in [0.25, 0.3) is 0 Å². The number of benzene rings is 2. The van der Waals surface area contributed by atoms with Crippen LogP contribution in [0.25, 0.3) is 22.3 Å². The molecule has 0 saturated carbocycles. The topological polar surface area (TPSA) is 240 Å². The normalized spacial score (nSPS) is 11.2. The molecule has 19 nitrogen and oxygen atoms in total. The van der Waals surface area contributed by atoms with E-state index < -0.39 is 37.5 Å². The average molecular weight is 906 g/mol.